The van der Waals surface area contributed by atoms with E-state index in [1.54, 1.807) is 0 Å². The first-order chi connectivity index (χ1) is 14.4. The Morgan fingerprint density at radius 3 is 2.10 bits per heavy atom. The maximum absolute atomic E-state index is 12.4. The van der Waals surface area contributed by atoms with Crippen molar-refractivity contribution in [1.29, 1.82) is 0 Å². The van der Waals surface area contributed by atoms with E-state index in [0.717, 1.165) is 22.3 Å². The average Bonchev–Trinajstić information content (AvgIpc) is 3.04. The summed E-state index contributed by atoms with van der Waals surface area (Å²) in [6, 6.07) is 13.9. The highest BCUT2D eigenvalue weighted by molar-refractivity contribution is 5.86. The summed E-state index contributed by atoms with van der Waals surface area (Å²) in [5.41, 5.74) is 4.20. The monoisotopic (exact) mass is 418 g/mol. The molecular weight excluding hydrogens is 398 g/mol. The average molecular weight is 418 g/mol. The Balaban J connectivity index is 1.53. The summed E-state index contributed by atoms with van der Waals surface area (Å²) in [5, 5.41) is 13.0. The third kappa shape index (κ3) is 4.91. The second-order valence-corrected chi connectivity index (χ2v) is 6.76. The lowest BCUT2D eigenvalue weighted by Crippen LogP contribution is -2.46. The van der Waals surface area contributed by atoms with Crippen LogP contribution in [0.25, 0.3) is 11.1 Å². The van der Waals surface area contributed by atoms with Crippen LogP contribution in [0.1, 0.15) is 23.5 Å². The van der Waals surface area contributed by atoms with Crippen LogP contribution in [0.5, 0.6) is 0 Å². The van der Waals surface area contributed by atoms with E-state index in [-0.39, 0.29) is 12.5 Å². The molecule has 0 saturated heterocycles. The summed E-state index contributed by atoms with van der Waals surface area (Å²) in [4.78, 5) is 34.6. The van der Waals surface area contributed by atoms with Gasteiger partial charge in [0.1, 0.15) is 19.2 Å². The fraction of sp³-hybridized carbons (Fsp3) is 0.286. The molecule has 2 aromatic carbocycles. The number of nitrogens with one attached hydrogen (secondary N) is 2. The molecule has 0 saturated carbocycles. The zero-order chi connectivity index (χ0) is 21.7. The summed E-state index contributed by atoms with van der Waals surface area (Å²) in [7, 11) is 0. The zero-order valence-electron chi connectivity index (χ0n) is 15.8. The molecule has 1 atom stereocenters. The minimum Gasteiger partial charge on any atom is -0.480 e. The highest BCUT2D eigenvalue weighted by Gasteiger charge is 2.29. The van der Waals surface area contributed by atoms with E-state index < -0.39 is 43.4 Å². The number of carboxylic acid groups (broad SMARTS) is 1. The largest absolute Gasteiger partial charge is 0.480 e. The predicted octanol–water partition coefficient (Wildman–Crippen LogP) is 2.75. The SMILES string of the molecule is O=C(CNC(=O)OCC1c2ccccc2-c2ccccc21)NC(CC(F)F)C(=O)O. The number of carbonyl (C=O) groups excluding carboxylic acids is 2. The van der Waals surface area contributed by atoms with Crippen LogP contribution in [0.2, 0.25) is 0 Å². The Morgan fingerprint density at radius 1 is 1.00 bits per heavy atom. The molecule has 0 aliphatic heterocycles. The highest BCUT2D eigenvalue weighted by Crippen LogP contribution is 2.44. The number of carbonyl (C=O) groups is 3. The van der Waals surface area contributed by atoms with Gasteiger partial charge in [-0.3, -0.25) is 4.79 Å². The standard InChI is InChI=1S/C21H20F2N2O5/c22-18(23)9-17(20(27)28)25-19(26)10-24-21(29)30-11-16-14-7-3-1-5-12(14)13-6-2-4-8-15(13)16/h1-8,16-18H,9-11H2,(H,24,29)(H,25,26)(H,27,28). The molecule has 1 aliphatic rings. The van der Waals surface area contributed by atoms with E-state index in [4.69, 9.17) is 9.84 Å². The second-order valence-electron chi connectivity index (χ2n) is 6.76. The fourth-order valence-electron chi connectivity index (χ4n) is 3.45. The molecule has 2 amide bonds. The number of amides is 2. The first kappa shape index (κ1) is 21.2. The van der Waals surface area contributed by atoms with Crippen molar-refractivity contribution in [2.75, 3.05) is 13.2 Å². The van der Waals surface area contributed by atoms with E-state index in [1.807, 2.05) is 53.8 Å². The molecule has 0 bridgehead atoms. The van der Waals surface area contributed by atoms with Crippen LogP contribution < -0.4 is 10.6 Å². The Morgan fingerprint density at radius 2 is 1.57 bits per heavy atom. The van der Waals surface area contributed by atoms with Gasteiger partial charge in [-0.1, -0.05) is 48.5 Å². The normalized spacial score (nSPS) is 13.3. The fourth-order valence-corrected chi connectivity index (χ4v) is 3.45. The Bertz CT molecular complexity index is 905. The van der Waals surface area contributed by atoms with Gasteiger partial charge in [-0.25, -0.2) is 18.4 Å². The number of hydrogen-bond acceptors (Lipinski definition) is 4. The lowest BCUT2D eigenvalue weighted by atomic mass is 9.98. The minimum atomic E-state index is -2.89. The van der Waals surface area contributed by atoms with Gasteiger partial charge in [0.25, 0.3) is 0 Å². The van der Waals surface area contributed by atoms with Crippen LogP contribution in [0.4, 0.5) is 13.6 Å². The molecule has 3 rings (SSSR count). The maximum atomic E-state index is 12.4. The summed E-state index contributed by atoms with van der Waals surface area (Å²) in [6.45, 7) is -0.547. The van der Waals surface area contributed by atoms with E-state index in [9.17, 15) is 23.2 Å². The van der Waals surface area contributed by atoms with Gasteiger partial charge in [-0.05, 0) is 22.3 Å². The Kier molecular flexibility index (Phi) is 6.61. The van der Waals surface area contributed by atoms with E-state index in [0.29, 0.717) is 0 Å². The number of carboxylic acids is 1. The topological polar surface area (TPSA) is 105 Å². The molecule has 9 heteroatoms. The number of rotatable bonds is 8. The van der Waals surface area contributed by atoms with Crippen molar-refractivity contribution in [2.24, 2.45) is 0 Å². The van der Waals surface area contributed by atoms with Crippen molar-refractivity contribution < 1.29 is 33.0 Å². The molecule has 7 nitrogen and oxygen atoms in total. The van der Waals surface area contributed by atoms with Gasteiger partial charge in [0.05, 0.1) is 0 Å². The molecule has 158 valence electrons. The third-order valence-corrected chi connectivity index (χ3v) is 4.78. The lowest BCUT2D eigenvalue weighted by molar-refractivity contribution is -0.142. The number of hydrogen-bond donors (Lipinski definition) is 3. The molecule has 30 heavy (non-hydrogen) atoms. The first-order valence-corrected chi connectivity index (χ1v) is 9.26. The number of alkyl halides is 2. The molecule has 0 spiro atoms. The van der Waals surface area contributed by atoms with E-state index in [2.05, 4.69) is 5.32 Å². The molecule has 0 radical (unpaired) electrons. The van der Waals surface area contributed by atoms with E-state index >= 15 is 0 Å². The molecule has 0 fully saturated rings. The van der Waals surface area contributed by atoms with Crippen LogP contribution in [-0.2, 0) is 14.3 Å². The Labute approximate surface area is 171 Å². The van der Waals surface area contributed by atoms with Crippen LogP contribution in [0, 0.1) is 0 Å². The van der Waals surface area contributed by atoms with Crippen molar-refractivity contribution in [1.82, 2.24) is 10.6 Å². The van der Waals surface area contributed by atoms with Gasteiger partial charge in [0, 0.05) is 12.3 Å². The molecule has 1 unspecified atom stereocenters. The summed E-state index contributed by atoms with van der Waals surface area (Å²) < 4.78 is 30.0. The lowest BCUT2D eigenvalue weighted by Gasteiger charge is -2.16. The number of benzene rings is 2. The molecule has 0 aromatic heterocycles. The number of halogens is 2. The van der Waals surface area contributed by atoms with Crippen LogP contribution in [0.3, 0.4) is 0 Å². The summed E-state index contributed by atoms with van der Waals surface area (Å²) >= 11 is 0. The van der Waals surface area contributed by atoms with Gasteiger partial charge in [0.15, 0.2) is 0 Å². The van der Waals surface area contributed by atoms with Gasteiger partial charge >= 0.3 is 12.1 Å². The van der Waals surface area contributed by atoms with Crippen molar-refractivity contribution in [3.8, 4) is 11.1 Å². The summed E-state index contributed by atoms with van der Waals surface area (Å²) in [6.07, 6.45) is -4.78. The molecule has 1 aliphatic carbocycles. The van der Waals surface area contributed by atoms with Crippen molar-refractivity contribution in [2.45, 2.75) is 24.8 Å². The summed E-state index contributed by atoms with van der Waals surface area (Å²) in [5.74, 6) is -2.64. The van der Waals surface area contributed by atoms with Crippen LogP contribution in [-0.4, -0.2) is 48.7 Å². The van der Waals surface area contributed by atoms with Crippen molar-refractivity contribution in [3.05, 3.63) is 59.7 Å². The van der Waals surface area contributed by atoms with Crippen LogP contribution >= 0.6 is 0 Å². The van der Waals surface area contributed by atoms with Gasteiger partial charge < -0.3 is 20.5 Å². The van der Waals surface area contributed by atoms with Gasteiger partial charge in [-0.2, -0.15) is 0 Å². The predicted molar refractivity (Wildman–Crippen MR) is 103 cm³/mol. The molecular formula is C21H20F2N2O5. The quantitative estimate of drug-likeness (QED) is 0.612. The minimum absolute atomic E-state index is 0.0462. The second kappa shape index (κ2) is 9.34. The van der Waals surface area contributed by atoms with Crippen molar-refractivity contribution >= 4 is 18.0 Å². The number of aliphatic carboxylic acids is 1. The molecule has 0 heterocycles. The number of fused-ring (bicyclic) bond motifs is 3. The van der Waals surface area contributed by atoms with Crippen molar-refractivity contribution in [3.63, 3.8) is 0 Å². The Hall–Kier alpha value is -3.49. The maximum Gasteiger partial charge on any atom is 0.407 e. The molecule has 2 aromatic rings. The van der Waals surface area contributed by atoms with Gasteiger partial charge in [-0.15, -0.1) is 0 Å². The zero-order valence-corrected chi connectivity index (χ0v) is 15.8. The van der Waals surface area contributed by atoms with Gasteiger partial charge in [0.2, 0.25) is 12.3 Å². The third-order valence-electron chi connectivity index (χ3n) is 4.78. The van der Waals surface area contributed by atoms with Crippen LogP contribution in [0.15, 0.2) is 48.5 Å². The number of ether oxygens (including phenoxy) is 1. The highest BCUT2D eigenvalue weighted by atomic mass is 19.3. The van der Waals surface area contributed by atoms with E-state index in [1.165, 1.54) is 0 Å². The molecule has 3 N–H and O–H groups in total. The first-order valence-electron chi connectivity index (χ1n) is 9.26. The smallest absolute Gasteiger partial charge is 0.407 e. The number of alkyl carbamates (subject to hydrolysis) is 1.